The van der Waals surface area contributed by atoms with Gasteiger partial charge in [0.1, 0.15) is 0 Å². The SMILES string of the molecule is O=C(c1cccs1)c1cnc(-c2ccncc2)nc1C(F)(F)F. The Morgan fingerprint density at radius 2 is 1.87 bits per heavy atom. The van der Waals surface area contributed by atoms with Gasteiger partial charge in [-0.05, 0) is 23.6 Å². The molecule has 23 heavy (non-hydrogen) atoms. The number of alkyl halides is 3. The van der Waals surface area contributed by atoms with E-state index in [0.29, 0.717) is 5.56 Å². The molecular formula is C15H8F3N3OS. The van der Waals surface area contributed by atoms with Crippen molar-refractivity contribution >= 4 is 17.1 Å². The number of hydrogen-bond donors (Lipinski definition) is 0. The van der Waals surface area contributed by atoms with Crippen LogP contribution in [-0.4, -0.2) is 20.7 Å². The predicted octanol–water partition coefficient (Wildman–Crippen LogP) is 3.85. The quantitative estimate of drug-likeness (QED) is 0.682. The van der Waals surface area contributed by atoms with Crippen LogP contribution in [0.5, 0.6) is 0 Å². The topological polar surface area (TPSA) is 55.7 Å². The number of carbonyl (C=O) groups excluding carboxylic acids is 1. The minimum absolute atomic E-state index is 0.109. The molecule has 0 aromatic carbocycles. The monoisotopic (exact) mass is 335 g/mol. The first-order chi connectivity index (χ1) is 11.0. The maximum atomic E-state index is 13.3. The first kappa shape index (κ1) is 15.3. The van der Waals surface area contributed by atoms with Gasteiger partial charge in [0, 0.05) is 24.2 Å². The summed E-state index contributed by atoms with van der Waals surface area (Å²) in [7, 11) is 0. The third kappa shape index (κ3) is 3.11. The molecule has 0 fully saturated rings. The molecule has 0 atom stereocenters. The molecule has 8 heteroatoms. The van der Waals surface area contributed by atoms with Crippen molar-refractivity contribution in [2.24, 2.45) is 0 Å². The highest BCUT2D eigenvalue weighted by atomic mass is 32.1. The smallest absolute Gasteiger partial charge is 0.288 e. The zero-order valence-corrected chi connectivity index (χ0v) is 12.2. The molecule has 3 aromatic rings. The summed E-state index contributed by atoms with van der Waals surface area (Å²) in [6.07, 6.45) is -0.978. The first-order valence-corrected chi connectivity index (χ1v) is 7.27. The standard InChI is InChI=1S/C15H8F3N3OS/c16-15(17,18)13-10(12(22)11-2-1-7-23-11)8-20-14(21-13)9-3-5-19-6-4-9/h1-8H. The van der Waals surface area contributed by atoms with Gasteiger partial charge in [-0.25, -0.2) is 9.97 Å². The lowest BCUT2D eigenvalue weighted by Crippen LogP contribution is -2.17. The Hall–Kier alpha value is -2.61. The normalized spacial score (nSPS) is 11.4. The molecule has 0 radical (unpaired) electrons. The second kappa shape index (κ2) is 5.88. The Bertz CT molecular complexity index is 833. The summed E-state index contributed by atoms with van der Waals surface area (Å²) < 4.78 is 39.9. The molecule has 0 bridgehead atoms. The van der Waals surface area contributed by atoms with Crippen LogP contribution < -0.4 is 0 Å². The molecule has 3 heterocycles. The summed E-state index contributed by atoms with van der Waals surface area (Å²) in [5.74, 6) is -0.851. The molecule has 0 spiro atoms. The van der Waals surface area contributed by atoms with E-state index in [1.54, 1.807) is 11.4 Å². The Kier molecular flexibility index (Phi) is 3.91. The van der Waals surface area contributed by atoms with Gasteiger partial charge in [0.25, 0.3) is 0 Å². The summed E-state index contributed by atoms with van der Waals surface area (Å²) in [5.41, 5.74) is -1.41. The Balaban J connectivity index is 2.12. The van der Waals surface area contributed by atoms with E-state index in [-0.39, 0.29) is 10.7 Å². The van der Waals surface area contributed by atoms with Crippen molar-refractivity contribution in [2.45, 2.75) is 6.18 Å². The van der Waals surface area contributed by atoms with Crippen LogP contribution in [0.4, 0.5) is 13.2 Å². The minimum atomic E-state index is -4.76. The van der Waals surface area contributed by atoms with Gasteiger partial charge in [0.05, 0.1) is 10.4 Å². The number of halogens is 3. The molecule has 0 saturated heterocycles. The van der Waals surface area contributed by atoms with Gasteiger partial charge < -0.3 is 0 Å². The summed E-state index contributed by atoms with van der Waals surface area (Å²) in [5, 5.41) is 1.62. The molecule has 116 valence electrons. The highest BCUT2D eigenvalue weighted by Crippen LogP contribution is 2.33. The number of aromatic nitrogens is 3. The van der Waals surface area contributed by atoms with Crippen LogP contribution in [0.2, 0.25) is 0 Å². The molecule has 3 rings (SSSR count). The summed E-state index contributed by atoms with van der Waals surface area (Å²) >= 11 is 1.07. The molecule has 0 aliphatic heterocycles. The van der Waals surface area contributed by atoms with E-state index in [2.05, 4.69) is 15.0 Å². The van der Waals surface area contributed by atoms with Gasteiger partial charge in [-0.1, -0.05) is 6.07 Å². The van der Waals surface area contributed by atoms with Crippen LogP contribution in [0, 0.1) is 0 Å². The molecule has 4 nitrogen and oxygen atoms in total. The van der Waals surface area contributed by atoms with Gasteiger partial charge in [-0.15, -0.1) is 11.3 Å². The second-order valence-electron chi connectivity index (χ2n) is 4.50. The minimum Gasteiger partial charge on any atom is -0.288 e. The third-order valence-electron chi connectivity index (χ3n) is 2.99. The van der Waals surface area contributed by atoms with Crippen molar-refractivity contribution in [3.63, 3.8) is 0 Å². The lowest BCUT2D eigenvalue weighted by Gasteiger charge is -2.11. The number of pyridine rings is 1. The number of thiophene rings is 1. The van der Waals surface area contributed by atoms with E-state index in [9.17, 15) is 18.0 Å². The molecule has 0 saturated carbocycles. The van der Waals surface area contributed by atoms with Crippen molar-refractivity contribution in [3.05, 3.63) is 64.4 Å². The molecule has 0 unspecified atom stereocenters. The average Bonchev–Trinajstić information content (AvgIpc) is 3.08. The fraction of sp³-hybridized carbons (Fsp3) is 0.0667. The largest absolute Gasteiger partial charge is 0.434 e. The van der Waals surface area contributed by atoms with Crippen LogP contribution >= 0.6 is 11.3 Å². The molecular weight excluding hydrogens is 327 g/mol. The lowest BCUT2D eigenvalue weighted by molar-refractivity contribution is -0.141. The van der Waals surface area contributed by atoms with Gasteiger partial charge in [0.15, 0.2) is 11.5 Å². The lowest BCUT2D eigenvalue weighted by atomic mass is 10.1. The van der Waals surface area contributed by atoms with Crippen LogP contribution in [-0.2, 0) is 6.18 Å². The summed E-state index contributed by atoms with van der Waals surface area (Å²) in [6.45, 7) is 0. The second-order valence-corrected chi connectivity index (χ2v) is 5.44. The van der Waals surface area contributed by atoms with E-state index >= 15 is 0 Å². The molecule has 0 amide bonds. The number of ketones is 1. The van der Waals surface area contributed by atoms with E-state index in [1.807, 2.05) is 0 Å². The van der Waals surface area contributed by atoms with E-state index in [4.69, 9.17) is 0 Å². The zero-order chi connectivity index (χ0) is 16.4. The van der Waals surface area contributed by atoms with E-state index < -0.39 is 23.2 Å². The summed E-state index contributed by atoms with van der Waals surface area (Å²) in [6, 6.07) is 6.05. The zero-order valence-electron chi connectivity index (χ0n) is 11.4. The Morgan fingerprint density at radius 3 is 2.48 bits per heavy atom. The third-order valence-corrected chi connectivity index (χ3v) is 3.85. The fourth-order valence-corrected chi connectivity index (χ4v) is 2.62. The Morgan fingerprint density at radius 1 is 1.13 bits per heavy atom. The van der Waals surface area contributed by atoms with Crippen LogP contribution in [0.25, 0.3) is 11.4 Å². The van der Waals surface area contributed by atoms with E-state index in [1.165, 1.54) is 30.6 Å². The number of nitrogens with zero attached hydrogens (tertiary/aromatic N) is 3. The van der Waals surface area contributed by atoms with Crippen molar-refractivity contribution < 1.29 is 18.0 Å². The maximum absolute atomic E-state index is 13.3. The van der Waals surface area contributed by atoms with Crippen LogP contribution in [0.3, 0.4) is 0 Å². The molecule has 0 N–H and O–H groups in total. The number of carbonyl (C=O) groups is 1. The van der Waals surface area contributed by atoms with Gasteiger partial charge in [0.2, 0.25) is 5.78 Å². The van der Waals surface area contributed by atoms with Crippen molar-refractivity contribution in [3.8, 4) is 11.4 Å². The fourth-order valence-electron chi connectivity index (χ4n) is 1.94. The van der Waals surface area contributed by atoms with Crippen molar-refractivity contribution in [1.29, 1.82) is 0 Å². The van der Waals surface area contributed by atoms with Gasteiger partial charge >= 0.3 is 6.18 Å². The van der Waals surface area contributed by atoms with Gasteiger partial charge in [-0.3, -0.25) is 9.78 Å². The first-order valence-electron chi connectivity index (χ1n) is 6.39. The van der Waals surface area contributed by atoms with Crippen molar-refractivity contribution in [1.82, 2.24) is 15.0 Å². The van der Waals surface area contributed by atoms with Gasteiger partial charge in [-0.2, -0.15) is 13.2 Å². The van der Waals surface area contributed by atoms with E-state index in [0.717, 1.165) is 17.5 Å². The highest BCUT2D eigenvalue weighted by Gasteiger charge is 2.38. The number of hydrogen-bond acceptors (Lipinski definition) is 5. The highest BCUT2D eigenvalue weighted by molar-refractivity contribution is 7.12. The molecule has 0 aliphatic carbocycles. The summed E-state index contributed by atoms with van der Waals surface area (Å²) in [4.78, 5) is 23.7. The maximum Gasteiger partial charge on any atom is 0.434 e. The average molecular weight is 335 g/mol. The van der Waals surface area contributed by atoms with Crippen molar-refractivity contribution in [2.75, 3.05) is 0 Å². The van der Waals surface area contributed by atoms with Crippen LogP contribution in [0.1, 0.15) is 20.9 Å². The predicted molar refractivity (Wildman–Crippen MR) is 78.0 cm³/mol. The molecule has 3 aromatic heterocycles. The number of rotatable bonds is 3. The molecule has 0 aliphatic rings. The van der Waals surface area contributed by atoms with Crippen LogP contribution in [0.15, 0.2) is 48.2 Å². The Labute approximate surface area is 132 Å².